The van der Waals surface area contributed by atoms with Crippen molar-refractivity contribution in [2.24, 2.45) is 5.84 Å². The molecule has 0 aromatic carbocycles. The van der Waals surface area contributed by atoms with Crippen molar-refractivity contribution in [3.63, 3.8) is 0 Å². The molecule has 110 valence electrons. The Bertz CT molecular complexity index is 357. The SMILES string of the molecule is CCN(CC)CCC(Cc1cc(C)nn1CC)NN. The highest BCUT2D eigenvalue weighted by Gasteiger charge is 2.13. The number of aromatic nitrogens is 2. The average molecular weight is 267 g/mol. The first-order valence-electron chi connectivity index (χ1n) is 7.36. The lowest BCUT2D eigenvalue weighted by Crippen LogP contribution is -2.40. The summed E-state index contributed by atoms with van der Waals surface area (Å²) in [4.78, 5) is 2.42. The zero-order valence-electron chi connectivity index (χ0n) is 12.8. The van der Waals surface area contributed by atoms with Gasteiger partial charge in [-0.2, -0.15) is 5.10 Å². The molecule has 5 nitrogen and oxygen atoms in total. The van der Waals surface area contributed by atoms with Gasteiger partial charge in [0.15, 0.2) is 0 Å². The Morgan fingerprint density at radius 1 is 1.37 bits per heavy atom. The molecule has 19 heavy (non-hydrogen) atoms. The van der Waals surface area contributed by atoms with E-state index >= 15 is 0 Å². The van der Waals surface area contributed by atoms with E-state index in [1.807, 2.05) is 6.92 Å². The fourth-order valence-electron chi connectivity index (χ4n) is 2.41. The summed E-state index contributed by atoms with van der Waals surface area (Å²) >= 11 is 0. The molecule has 1 heterocycles. The first-order chi connectivity index (χ1) is 9.14. The van der Waals surface area contributed by atoms with Crippen LogP contribution in [0.1, 0.15) is 38.6 Å². The van der Waals surface area contributed by atoms with E-state index in [1.54, 1.807) is 0 Å². The minimum absolute atomic E-state index is 0.307. The zero-order valence-corrected chi connectivity index (χ0v) is 12.8. The Morgan fingerprint density at radius 2 is 2.05 bits per heavy atom. The maximum atomic E-state index is 5.69. The number of nitrogens with one attached hydrogen (secondary N) is 1. The van der Waals surface area contributed by atoms with Gasteiger partial charge in [0, 0.05) is 24.7 Å². The van der Waals surface area contributed by atoms with Crippen molar-refractivity contribution in [1.29, 1.82) is 0 Å². The fraction of sp³-hybridized carbons (Fsp3) is 0.786. The molecule has 3 N–H and O–H groups in total. The number of hydrogen-bond acceptors (Lipinski definition) is 4. The number of hydrogen-bond donors (Lipinski definition) is 2. The van der Waals surface area contributed by atoms with Crippen molar-refractivity contribution in [3.05, 3.63) is 17.5 Å². The summed E-state index contributed by atoms with van der Waals surface area (Å²) in [6.45, 7) is 12.7. The van der Waals surface area contributed by atoms with Crippen molar-refractivity contribution >= 4 is 0 Å². The molecule has 5 heteroatoms. The molecule has 1 rings (SSSR count). The van der Waals surface area contributed by atoms with Gasteiger partial charge in [-0.05, 0) is 46.0 Å². The monoisotopic (exact) mass is 267 g/mol. The molecule has 1 aromatic rings. The molecule has 0 spiro atoms. The van der Waals surface area contributed by atoms with Crippen molar-refractivity contribution in [2.45, 2.75) is 53.1 Å². The molecule has 1 aromatic heterocycles. The molecule has 0 radical (unpaired) electrons. The van der Waals surface area contributed by atoms with Crippen LogP contribution in [0.5, 0.6) is 0 Å². The molecule has 0 aliphatic rings. The second kappa shape index (κ2) is 8.30. The van der Waals surface area contributed by atoms with E-state index in [-0.39, 0.29) is 0 Å². The standard InChI is InChI=1S/C14H29N5/c1-5-18(6-2)9-8-13(16-15)11-14-10-12(4)17-19(14)7-3/h10,13,16H,5-9,11,15H2,1-4H3. The van der Waals surface area contributed by atoms with Crippen LogP contribution in [0.2, 0.25) is 0 Å². The molecule has 0 fully saturated rings. The van der Waals surface area contributed by atoms with Crippen molar-refractivity contribution in [1.82, 2.24) is 20.1 Å². The van der Waals surface area contributed by atoms with Crippen LogP contribution in [-0.2, 0) is 13.0 Å². The van der Waals surface area contributed by atoms with Crippen LogP contribution in [-0.4, -0.2) is 40.4 Å². The van der Waals surface area contributed by atoms with Gasteiger partial charge < -0.3 is 4.90 Å². The average Bonchev–Trinajstić information content (AvgIpc) is 2.78. The molecule has 0 saturated carbocycles. The quantitative estimate of drug-likeness (QED) is 0.523. The Balaban J connectivity index is 2.56. The minimum Gasteiger partial charge on any atom is -0.304 e. The number of nitrogens with two attached hydrogens (primary N) is 1. The van der Waals surface area contributed by atoms with Gasteiger partial charge >= 0.3 is 0 Å². The Labute approximate surface area is 117 Å². The summed E-state index contributed by atoms with van der Waals surface area (Å²) in [7, 11) is 0. The number of hydrazine groups is 1. The van der Waals surface area contributed by atoms with Crippen molar-refractivity contribution < 1.29 is 0 Å². The van der Waals surface area contributed by atoms with Gasteiger partial charge in [0.05, 0.1) is 5.69 Å². The predicted molar refractivity (Wildman–Crippen MR) is 79.9 cm³/mol. The van der Waals surface area contributed by atoms with E-state index < -0.39 is 0 Å². The van der Waals surface area contributed by atoms with Gasteiger partial charge in [0.25, 0.3) is 0 Å². The van der Waals surface area contributed by atoms with Crippen LogP contribution in [0, 0.1) is 6.92 Å². The summed E-state index contributed by atoms with van der Waals surface area (Å²) in [6.07, 6.45) is 2.00. The summed E-state index contributed by atoms with van der Waals surface area (Å²) in [6, 6.07) is 2.47. The van der Waals surface area contributed by atoms with Crippen LogP contribution in [0.3, 0.4) is 0 Å². The number of rotatable bonds is 9. The smallest absolute Gasteiger partial charge is 0.0596 e. The van der Waals surface area contributed by atoms with Crippen LogP contribution in [0.15, 0.2) is 6.07 Å². The molecular weight excluding hydrogens is 238 g/mol. The first-order valence-corrected chi connectivity index (χ1v) is 7.36. The number of aryl methyl sites for hydroxylation is 2. The van der Waals surface area contributed by atoms with E-state index in [4.69, 9.17) is 5.84 Å². The Kier molecular flexibility index (Phi) is 7.05. The van der Waals surface area contributed by atoms with Crippen LogP contribution >= 0.6 is 0 Å². The van der Waals surface area contributed by atoms with Crippen molar-refractivity contribution in [3.8, 4) is 0 Å². The van der Waals surface area contributed by atoms with E-state index in [2.05, 4.69) is 46.9 Å². The third kappa shape index (κ3) is 4.93. The number of nitrogens with zero attached hydrogens (tertiary/aromatic N) is 3. The van der Waals surface area contributed by atoms with Crippen molar-refractivity contribution in [2.75, 3.05) is 19.6 Å². The van der Waals surface area contributed by atoms with E-state index in [0.29, 0.717) is 6.04 Å². The van der Waals surface area contributed by atoms with Gasteiger partial charge in [-0.25, -0.2) is 0 Å². The fourth-order valence-corrected chi connectivity index (χ4v) is 2.41. The molecule has 0 amide bonds. The van der Waals surface area contributed by atoms with Gasteiger partial charge in [-0.15, -0.1) is 0 Å². The van der Waals surface area contributed by atoms with Crippen LogP contribution in [0.25, 0.3) is 0 Å². The van der Waals surface area contributed by atoms with E-state index in [0.717, 1.165) is 44.7 Å². The summed E-state index contributed by atoms with van der Waals surface area (Å²) in [5.74, 6) is 5.69. The molecule has 1 atom stereocenters. The molecule has 0 saturated heterocycles. The second-order valence-electron chi connectivity index (χ2n) is 4.98. The van der Waals surface area contributed by atoms with E-state index in [1.165, 1.54) is 5.69 Å². The largest absolute Gasteiger partial charge is 0.304 e. The third-order valence-corrected chi connectivity index (χ3v) is 3.66. The minimum atomic E-state index is 0.307. The highest BCUT2D eigenvalue weighted by molar-refractivity contribution is 5.10. The summed E-state index contributed by atoms with van der Waals surface area (Å²) in [5, 5.41) is 4.48. The van der Waals surface area contributed by atoms with Crippen LogP contribution < -0.4 is 11.3 Å². The van der Waals surface area contributed by atoms with Gasteiger partial charge in [-0.1, -0.05) is 13.8 Å². The first kappa shape index (κ1) is 16.1. The third-order valence-electron chi connectivity index (χ3n) is 3.66. The normalized spacial score (nSPS) is 13.2. The highest BCUT2D eigenvalue weighted by atomic mass is 15.3. The van der Waals surface area contributed by atoms with Gasteiger partial charge in [-0.3, -0.25) is 16.0 Å². The lowest BCUT2D eigenvalue weighted by Gasteiger charge is -2.22. The maximum absolute atomic E-state index is 5.69. The zero-order chi connectivity index (χ0) is 14.3. The molecule has 0 aliphatic carbocycles. The summed E-state index contributed by atoms with van der Waals surface area (Å²) in [5.41, 5.74) is 5.29. The second-order valence-corrected chi connectivity index (χ2v) is 4.98. The van der Waals surface area contributed by atoms with Gasteiger partial charge in [0.2, 0.25) is 0 Å². The maximum Gasteiger partial charge on any atom is 0.0596 e. The van der Waals surface area contributed by atoms with Crippen LogP contribution in [0.4, 0.5) is 0 Å². The Hall–Kier alpha value is -0.910. The van der Waals surface area contributed by atoms with Gasteiger partial charge in [0.1, 0.15) is 0 Å². The lowest BCUT2D eigenvalue weighted by atomic mass is 10.1. The summed E-state index contributed by atoms with van der Waals surface area (Å²) < 4.78 is 2.07. The van der Waals surface area contributed by atoms with E-state index in [9.17, 15) is 0 Å². The molecule has 0 bridgehead atoms. The predicted octanol–water partition coefficient (Wildman–Crippen LogP) is 1.32. The molecule has 1 unspecified atom stereocenters. The molecule has 0 aliphatic heterocycles. The Morgan fingerprint density at radius 3 is 2.58 bits per heavy atom. The highest BCUT2D eigenvalue weighted by Crippen LogP contribution is 2.09. The molecular formula is C14H29N5. The topological polar surface area (TPSA) is 59.1 Å². The lowest BCUT2D eigenvalue weighted by molar-refractivity contribution is 0.280.